The van der Waals surface area contributed by atoms with E-state index in [1.165, 1.54) is 18.4 Å². The lowest BCUT2D eigenvalue weighted by atomic mass is 9.83. The molecule has 3 amide bonds. The zero-order valence-corrected chi connectivity index (χ0v) is 26.0. The maximum Gasteiger partial charge on any atom is 0.326 e. The van der Waals surface area contributed by atoms with Crippen molar-refractivity contribution in [1.82, 2.24) is 10.2 Å². The van der Waals surface area contributed by atoms with Crippen LogP contribution in [0.5, 0.6) is 0 Å². The number of rotatable bonds is 9. The molecule has 44 heavy (non-hydrogen) atoms. The summed E-state index contributed by atoms with van der Waals surface area (Å²) in [6.45, 7) is 9.09. The Labute approximate surface area is 260 Å². The van der Waals surface area contributed by atoms with Crippen LogP contribution < -0.4 is 16.0 Å². The van der Waals surface area contributed by atoms with Gasteiger partial charge in [-0.3, -0.25) is 9.69 Å². The highest BCUT2D eigenvalue weighted by Gasteiger charge is 2.31. The van der Waals surface area contributed by atoms with E-state index in [0.717, 1.165) is 79.6 Å². The lowest BCUT2D eigenvalue weighted by Crippen LogP contribution is -2.46. The normalized spacial score (nSPS) is 16.3. The average Bonchev–Trinajstić information content (AvgIpc) is 3.51. The highest BCUT2D eigenvalue weighted by atomic mass is 16.4. The molecule has 3 aromatic rings. The minimum Gasteiger partial charge on any atom is -0.480 e. The minimum atomic E-state index is -1.03. The number of aliphatic carboxylic acids is 1. The van der Waals surface area contributed by atoms with E-state index >= 15 is 0 Å². The molecular weight excluding hydrogens is 552 g/mol. The molecule has 2 fully saturated rings. The van der Waals surface area contributed by atoms with Gasteiger partial charge in [-0.2, -0.15) is 0 Å². The molecule has 0 radical (unpaired) electrons. The summed E-state index contributed by atoms with van der Waals surface area (Å²) < 4.78 is 0. The topological polar surface area (TPSA) is 111 Å². The molecule has 1 saturated carbocycles. The Morgan fingerprint density at radius 3 is 2.09 bits per heavy atom. The summed E-state index contributed by atoms with van der Waals surface area (Å²) in [5.74, 6) is -1.67. The number of nitrogens with zero attached hydrogens (tertiary/aromatic N) is 1. The fraction of sp³-hybridized carbons (Fsp3) is 0.417. The van der Waals surface area contributed by atoms with Gasteiger partial charge in [0.2, 0.25) is 0 Å². The third-order valence-corrected chi connectivity index (χ3v) is 8.99. The Kier molecular flexibility index (Phi) is 10.0. The lowest BCUT2D eigenvalue weighted by molar-refractivity contribution is -0.141. The summed E-state index contributed by atoms with van der Waals surface area (Å²) in [6, 6.07) is 16.2. The molecule has 3 aromatic carbocycles. The largest absolute Gasteiger partial charge is 0.480 e. The van der Waals surface area contributed by atoms with E-state index < -0.39 is 23.9 Å². The van der Waals surface area contributed by atoms with Gasteiger partial charge in [0.05, 0.1) is 11.3 Å². The van der Waals surface area contributed by atoms with Gasteiger partial charge < -0.3 is 21.1 Å². The number of urea groups is 1. The average molecular weight is 597 g/mol. The van der Waals surface area contributed by atoms with Gasteiger partial charge in [0.15, 0.2) is 0 Å². The van der Waals surface area contributed by atoms with Crippen molar-refractivity contribution in [1.29, 1.82) is 0 Å². The third-order valence-electron chi connectivity index (χ3n) is 8.99. The second kappa shape index (κ2) is 14.1. The molecule has 232 valence electrons. The maximum absolute atomic E-state index is 13.6. The van der Waals surface area contributed by atoms with Gasteiger partial charge in [0.25, 0.3) is 5.91 Å². The molecule has 5 rings (SSSR count). The lowest BCUT2D eigenvalue weighted by Gasteiger charge is -2.28. The van der Waals surface area contributed by atoms with Crippen LogP contribution in [0, 0.1) is 26.7 Å². The van der Waals surface area contributed by atoms with E-state index in [1.807, 2.05) is 39.0 Å². The summed E-state index contributed by atoms with van der Waals surface area (Å²) in [7, 11) is 0. The SMILES string of the molecule is Cc1cc(C)c(NC(=O)Nc2cc(-c3ccc(CN4CCCC4)cc3)ccc2C(=O)NC(C(=O)O)C2CCCCC2)c(C)c1. The summed E-state index contributed by atoms with van der Waals surface area (Å²) >= 11 is 0. The first kappa shape index (κ1) is 31.3. The monoisotopic (exact) mass is 596 g/mol. The fourth-order valence-electron chi connectivity index (χ4n) is 6.74. The number of hydrogen-bond donors (Lipinski definition) is 4. The Bertz CT molecular complexity index is 1480. The number of hydrogen-bond acceptors (Lipinski definition) is 4. The van der Waals surface area contributed by atoms with Gasteiger partial charge in [-0.05, 0) is 105 Å². The smallest absolute Gasteiger partial charge is 0.326 e. The molecule has 8 nitrogen and oxygen atoms in total. The molecule has 1 heterocycles. The number of carbonyl (C=O) groups is 3. The molecular formula is C36H44N4O4. The van der Waals surface area contributed by atoms with E-state index in [9.17, 15) is 19.5 Å². The van der Waals surface area contributed by atoms with Crippen molar-refractivity contribution in [3.63, 3.8) is 0 Å². The zero-order chi connectivity index (χ0) is 31.2. The molecule has 8 heteroatoms. The number of nitrogens with one attached hydrogen (secondary N) is 3. The maximum atomic E-state index is 13.6. The zero-order valence-electron chi connectivity index (χ0n) is 26.0. The number of aryl methyl sites for hydroxylation is 3. The van der Waals surface area contributed by atoms with Crippen LogP contribution in [-0.2, 0) is 11.3 Å². The van der Waals surface area contributed by atoms with Crippen LogP contribution in [-0.4, -0.2) is 47.0 Å². The Morgan fingerprint density at radius 2 is 1.45 bits per heavy atom. The number of anilines is 2. The molecule has 0 spiro atoms. The number of likely N-dealkylation sites (tertiary alicyclic amines) is 1. The second-order valence-electron chi connectivity index (χ2n) is 12.5. The molecule has 2 aliphatic rings. The molecule has 0 aromatic heterocycles. The third kappa shape index (κ3) is 7.66. The molecule has 0 bridgehead atoms. The van der Waals surface area contributed by atoms with E-state index in [0.29, 0.717) is 11.4 Å². The van der Waals surface area contributed by atoms with Crippen molar-refractivity contribution in [3.8, 4) is 11.1 Å². The van der Waals surface area contributed by atoms with Crippen molar-refractivity contribution in [2.24, 2.45) is 5.92 Å². The number of carboxylic acid groups (broad SMARTS) is 1. The predicted octanol–water partition coefficient (Wildman–Crippen LogP) is 7.28. The molecule has 1 atom stereocenters. The predicted molar refractivity (Wildman–Crippen MR) is 175 cm³/mol. The Balaban J connectivity index is 1.41. The van der Waals surface area contributed by atoms with E-state index in [2.05, 4.69) is 45.1 Å². The summed E-state index contributed by atoms with van der Waals surface area (Å²) in [6.07, 6.45) is 7.04. The van der Waals surface area contributed by atoms with Gasteiger partial charge in [-0.15, -0.1) is 0 Å². The molecule has 4 N–H and O–H groups in total. The first-order valence-electron chi connectivity index (χ1n) is 15.8. The first-order chi connectivity index (χ1) is 21.2. The fourth-order valence-corrected chi connectivity index (χ4v) is 6.74. The standard InChI is InChI=1S/C36H44N4O4/c1-23-19-24(2)32(25(3)20-23)39-36(44)37-31-21-29(27-13-11-26(12-14-27)22-40-17-7-8-18-40)15-16-30(31)34(41)38-33(35(42)43)28-9-5-4-6-10-28/h11-16,19-21,28,33H,4-10,17-18,22H2,1-3H3,(H,38,41)(H,42,43)(H2,37,39,44). The van der Waals surface area contributed by atoms with Gasteiger partial charge in [-0.1, -0.05) is 67.3 Å². The number of carboxylic acids is 1. The second-order valence-corrected chi connectivity index (χ2v) is 12.5. The number of carbonyl (C=O) groups excluding carboxylic acids is 2. The summed E-state index contributed by atoms with van der Waals surface area (Å²) in [5, 5.41) is 18.6. The van der Waals surface area contributed by atoms with Crippen molar-refractivity contribution in [2.75, 3.05) is 23.7 Å². The molecule has 1 aliphatic carbocycles. The van der Waals surface area contributed by atoms with Crippen molar-refractivity contribution in [3.05, 3.63) is 82.4 Å². The van der Waals surface area contributed by atoms with E-state index in [1.54, 1.807) is 12.1 Å². The van der Waals surface area contributed by atoms with Crippen LogP contribution in [0.2, 0.25) is 0 Å². The molecule has 1 saturated heterocycles. The first-order valence-corrected chi connectivity index (χ1v) is 15.8. The van der Waals surface area contributed by atoms with Crippen LogP contribution in [0.3, 0.4) is 0 Å². The van der Waals surface area contributed by atoms with E-state index in [4.69, 9.17) is 0 Å². The van der Waals surface area contributed by atoms with Crippen LogP contribution >= 0.6 is 0 Å². The van der Waals surface area contributed by atoms with Crippen molar-refractivity contribution < 1.29 is 19.5 Å². The number of benzene rings is 3. The quantitative estimate of drug-likeness (QED) is 0.207. The van der Waals surface area contributed by atoms with Crippen LogP contribution in [0.25, 0.3) is 11.1 Å². The molecule has 1 aliphatic heterocycles. The highest BCUT2D eigenvalue weighted by Crippen LogP contribution is 2.30. The Morgan fingerprint density at radius 1 is 0.818 bits per heavy atom. The van der Waals surface area contributed by atoms with Crippen LogP contribution in [0.15, 0.2) is 54.6 Å². The summed E-state index contributed by atoms with van der Waals surface area (Å²) in [5.41, 5.74) is 7.28. The van der Waals surface area contributed by atoms with Crippen LogP contribution in [0.1, 0.15) is 77.6 Å². The Hall–Kier alpha value is -4.17. The highest BCUT2D eigenvalue weighted by molar-refractivity contribution is 6.08. The minimum absolute atomic E-state index is 0.115. The van der Waals surface area contributed by atoms with E-state index in [-0.39, 0.29) is 11.5 Å². The van der Waals surface area contributed by atoms with Gasteiger partial charge in [-0.25, -0.2) is 9.59 Å². The van der Waals surface area contributed by atoms with Gasteiger partial charge >= 0.3 is 12.0 Å². The van der Waals surface area contributed by atoms with Crippen molar-refractivity contribution >= 4 is 29.3 Å². The van der Waals surface area contributed by atoms with Crippen LogP contribution in [0.4, 0.5) is 16.2 Å². The molecule has 1 unspecified atom stereocenters. The van der Waals surface area contributed by atoms with Crippen molar-refractivity contribution in [2.45, 2.75) is 78.3 Å². The van der Waals surface area contributed by atoms with Gasteiger partial charge in [0, 0.05) is 12.2 Å². The number of amides is 3. The summed E-state index contributed by atoms with van der Waals surface area (Å²) in [4.78, 5) is 41.6. The van der Waals surface area contributed by atoms with Gasteiger partial charge in [0.1, 0.15) is 6.04 Å².